The molecule has 1 aliphatic heterocycles. The Kier molecular flexibility index (Phi) is 5.16. The van der Waals surface area contributed by atoms with Crippen LogP contribution >= 0.6 is 0 Å². The van der Waals surface area contributed by atoms with Gasteiger partial charge in [-0.2, -0.15) is 0 Å². The Morgan fingerprint density at radius 1 is 1.19 bits per heavy atom. The largest absolute Gasteiger partial charge is 0.347 e. The molecule has 5 nitrogen and oxygen atoms in total. The van der Waals surface area contributed by atoms with Crippen molar-refractivity contribution in [3.05, 3.63) is 66.2 Å². The summed E-state index contributed by atoms with van der Waals surface area (Å²) in [5, 5.41) is 6.47. The van der Waals surface area contributed by atoms with E-state index in [9.17, 15) is 9.18 Å². The van der Waals surface area contributed by atoms with Gasteiger partial charge in [-0.3, -0.25) is 4.79 Å². The number of nitrogens with zero attached hydrogens (tertiary/aromatic N) is 2. The number of amides is 1. The number of rotatable bonds is 5. The number of para-hydroxylation sites is 2. The Morgan fingerprint density at radius 3 is 2.70 bits per heavy atom. The molecule has 1 amide bonds. The molecule has 1 fully saturated rings. The summed E-state index contributed by atoms with van der Waals surface area (Å²) >= 11 is 0. The number of piperidine rings is 1. The highest BCUT2D eigenvalue weighted by atomic mass is 19.1. The van der Waals surface area contributed by atoms with Crippen LogP contribution in [0.3, 0.4) is 0 Å². The van der Waals surface area contributed by atoms with Gasteiger partial charge in [0.2, 0.25) is 5.91 Å². The maximum atomic E-state index is 13.4. The first-order chi connectivity index (χ1) is 13.2. The minimum atomic E-state index is -0.282. The maximum absolute atomic E-state index is 13.4. The monoisotopic (exact) mass is 366 g/mol. The summed E-state index contributed by atoms with van der Waals surface area (Å²) in [6.45, 7) is 2.28. The lowest BCUT2D eigenvalue weighted by Gasteiger charge is -2.26. The lowest BCUT2D eigenvalue weighted by Crippen LogP contribution is -2.40. The van der Waals surface area contributed by atoms with Crippen LogP contribution in [0.4, 0.5) is 4.39 Å². The van der Waals surface area contributed by atoms with Gasteiger partial charge in [-0.05, 0) is 55.8 Å². The fourth-order valence-corrected chi connectivity index (χ4v) is 3.66. The van der Waals surface area contributed by atoms with E-state index in [1.54, 1.807) is 18.5 Å². The molecule has 0 saturated carbocycles. The second-order valence-corrected chi connectivity index (χ2v) is 7.02. The van der Waals surface area contributed by atoms with E-state index in [1.165, 1.54) is 12.1 Å². The SMILES string of the molecule is O=C(NC(Cn1cnc2ccccc21)c1ccc(F)cc1)C1CCNCC1. The van der Waals surface area contributed by atoms with E-state index in [1.807, 2.05) is 28.8 Å². The third-order valence-corrected chi connectivity index (χ3v) is 5.21. The zero-order valence-electron chi connectivity index (χ0n) is 15.1. The summed E-state index contributed by atoms with van der Waals surface area (Å²) in [4.78, 5) is 17.2. The van der Waals surface area contributed by atoms with Gasteiger partial charge >= 0.3 is 0 Å². The van der Waals surface area contributed by atoms with Crippen molar-refractivity contribution >= 4 is 16.9 Å². The van der Waals surface area contributed by atoms with Crippen molar-refractivity contribution in [1.29, 1.82) is 0 Å². The molecule has 1 unspecified atom stereocenters. The highest BCUT2D eigenvalue weighted by Gasteiger charge is 2.24. The molecule has 2 N–H and O–H groups in total. The number of benzene rings is 2. The average molecular weight is 366 g/mol. The maximum Gasteiger partial charge on any atom is 0.223 e. The summed E-state index contributed by atoms with van der Waals surface area (Å²) in [5.74, 6) is -0.195. The number of hydrogen-bond donors (Lipinski definition) is 2. The number of imidazole rings is 1. The van der Waals surface area contributed by atoms with Gasteiger partial charge in [-0.25, -0.2) is 9.37 Å². The number of hydrogen-bond acceptors (Lipinski definition) is 3. The van der Waals surface area contributed by atoms with E-state index in [4.69, 9.17) is 0 Å². The number of halogens is 1. The molecule has 0 radical (unpaired) electrons. The predicted molar refractivity (Wildman–Crippen MR) is 103 cm³/mol. The first-order valence-electron chi connectivity index (χ1n) is 9.37. The first kappa shape index (κ1) is 17.7. The van der Waals surface area contributed by atoms with Crippen molar-refractivity contribution in [3.63, 3.8) is 0 Å². The van der Waals surface area contributed by atoms with Crippen LogP contribution in [0.25, 0.3) is 11.0 Å². The van der Waals surface area contributed by atoms with Crippen molar-refractivity contribution in [2.24, 2.45) is 5.92 Å². The third kappa shape index (κ3) is 4.01. The van der Waals surface area contributed by atoms with Gasteiger partial charge in [-0.1, -0.05) is 24.3 Å². The van der Waals surface area contributed by atoms with Crippen LogP contribution in [-0.2, 0) is 11.3 Å². The second kappa shape index (κ2) is 7.88. The van der Waals surface area contributed by atoms with Crippen LogP contribution in [0.2, 0.25) is 0 Å². The molecular formula is C21H23FN4O. The number of fused-ring (bicyclic) bond motifs is 1. The van der Waals surface area contributed by atoms with Crippen LogP contribution in [0.1, 0.15) is 24.4 Å². The lowest BCUT2D eigenvalue weighted by molar-refractivity contribution is -0.126. The fourth-order valence-electron chi connectivity index (χ4n) is 3.66. The molecule has 3 aromatic rings. The number of carbonyl (C=O) groups is 1. The molecule has 2 heterocycles. The van der Waals surface area contributed by atoms with Crippen molar-refractivity contribution in [2.45, 2.75) is 25.4 Å². The summed E-state index contributed by atoms with van der Waals surface area (Å²) < 4.78 is 15.4. The zero-order valence-corrected chi connectivity index (χ0v) is 15.1. The summed E-state index contributed by atoms with van der Waals surface area (Å²) in [6, 6.07) is 14.0. The average Bonchev–Trinajstić information content (AvgIpc) is 3.12. The number of carbonyl (C=O) groups excluding carboxylic acids is 1. The first-order valence-corrected chi connectivity index (χ1v) is 9.37. The third-order valence-electron chi connectivity index (χ3n) is 5.21. The lowest BCUT2D eigenvalue weighted by atomic mass is 9.96. The van der Waals surface area contributed by atoms with Gasteiger partial charge in [0.15, 0.2) is 0 Å². The van der Waals surface area contributed by atoms with E-state index in [0.29, 0.717) is 6.54 Å². The quantitative estimate of drug-likeness (QED) is 0.730. The van der Waals surface area contributed by atoms with Crippen molar-refractivity contribution in [3.8, 4) is 0 Å². The van der Waals surface area contributed by atoms with E-state index in [0.717, 1.165) is 42.5 Å². The van der Waals surface area contributed by atoms with Gasteiger partial charge in [0.05, 0.1) is 23.4 Å². The predicted octanol–water partition coefficient (Wildman–Crippen LogP) is 3.03. The van der Waals surface area contributed by atoms with Crippen LogP contribution in [0.5, 0.6) is 0 Å². The van der Waals surface area contributed by atoms with Crippen LogP contribution in [0.15, 0.2) is 54.9 Å². The highest BCUT2D eigenvalue weighted by Crippen LogP contribution is 2.21. The second-order valence-electron chi connectivity index (χ2n) is 7.02. The molecule has 1 atom stereocenters. The summed E-state index contributed by atoms with van der Waals surface area (Å²) in [5.41, 5.74) is 2.82. The standard InChI is InChI=1S/C21H23FN4O/c22-17-7-5-15(6-8-17)19(25-21(27)16-9-11-23-12-10-16)13-26-14-24-18-3-1-2-4-20(18)26/h1-8,14,16,19,23H,9-13H2,(H,25,27). The molecule has 0 aliphatic carbocycles. The van der Waals surface area contributed by atoms with E-state index < -0.39 is 0 Å². The Bertz CT molecular complexity index is 915. The van der Waals surface area contributed by atoms with Crippen molar-refractivity contribution in [1.82, 2.24) is 20.2 Å². The van der Waals surface area contributed by atoms with Crippen LogP contribution < -0.4 is 10.6 Å². The van der Waals surface area contributed by atoms with Gasteiger partial charge < -0.3 is 15.2 Å². The van der Waals surface area contributed by atoms with Gasteiger partial charge in [0.25, 0.3) is 0 Å². The van der Waals surface area contributed by atoms with E-state index >= 15 is 0 Å². The molecule has 1 aromatic heterocycles. The molecule has 27 heavy (non-hydrogen) atoms. The molecule has 140 valence electrons. The number of nitrogens with one attached hydrogen (secondary N) is 2. The number of aromatic nitrogens is 2. The Balaban J connectivity index is 1.59. The Hall–Kier alpha value is -2.73. The normalized spacial score (nSPS) is 16.3. The van der Waals surface area contributed by atoms with E-state index in [2.05, 4.69) is 15.6 Å². The molecule has 2 aromatic carbocycles. The fraction of sp³-hybridized carbons (Fsp3) is 0.333. The summed E-state index contributed by atoms with van der Waals surface area (Å²) in [7, 11) is 0. The van der Waals surface area contributed by atoms with Crippen molar-refractivity contribution in [2.75, 3.05) is 13.1 Å². The van der Waals surface area contributed by atoms with Gasteiger partial charge in [0.1, 0.15) is 5.82 Å². The molecule has 0 bridgehead atoms. The minimum absolute atomic E-state index is 0.0220. The van der Waals surface area contributed by atoms with Crippen LogP contribution in [0, 0.1) is 11.7 Å². The topological polar surface area (TPSA) is 59.0 Å². The van der Waals surface area contributed by atoms with Crippen LogP contribution in [-0.4, -0.2) is 28.5 Å². The summed E-state index contributed by atoms with van der Waals surface area (Å²) in [6.07, 6.45) is 3.48. The Labute approximate surface area is 157 Å². The van der Waals surface area contributed by atoms with Crippen molar-refractivity contribution < 1.29 is 9.18 Å². The Morgan fingerprint density at radius 2 is 1.93 bits per heavy atom. The van der Waals surface area contributed by atoms with E-state index in [-0.39, 0.29) is 23.7 Å². The molecule has 1 saturated heterocycles. The molecule has 6 heteroatoms. The minimum Gasteiger partial charge on any atom is -0.347 e. The molecule has 4 rings (SSSR count). The molecule has 1 aliphatic rings. The van der Waals surface area contributed by atoms with Gasteiger partial charge in [0, 0.05) is 12.5 Å². The molecular weight excluding hydrogens is 343 g/mol. The highest BCUT2D eigenvalue weighted by molar-refractivity contribution is 5.79. The smallest absolute Gasteiger partial charge is 0.223 e. The molecule has 0 spiro atoms. The zero-order chi connectivity index (χ0) is 18.6. The van der Waals surface area contributed by atoms with Gasteiger partial charge in [-0.15, -0.1) is 0 Å².